The second kappa shape index (κ2) is 2.17. The molecular weight excluding hydrogens is 136 g/mol. The van der Waals surface area contributed by atoms with E-state index in [9.17, 15) is 0 Å². The van der Waals surface area contributed by atoms with Crippen molar-refractivity contribution in [1.29, 1.82) is 0 Å². The number of ether oxygens (including phenoxy) is 2. The first kappa shape index (κ1) is 7.94. The minimum atomic E-state index is -1.25. The van der Waals surface area contributed by atoms with Gasteiger partial charge in [0.15, 0.2) is 11.6 Å². The molecule has 1 heterocycles. The molecule has 2 atom stereocenters. The SMILES string of the molecule is C[C@]1(O)CO[C@](C)(O)CO1. The summed E-state index contributed by atoms with van der Waals surface area (Å²) in [5, 5.41) is 18.3. The zero-order chi connectivity index (χ0) is 7.83. The summed E-state index contributed by atoms with van der Waals surface area (Å²) in [6.07, 6.45) is 0. The molecule has 1 saturated heterocycles. The van der Waals surface area contributed by atoms with Crippen LogP contribution in [-0.2, 0) is 9.47 Å². The lowest BCUT2D eigenvalue weighted by Crippen LogP contribution is -2.50. The van der Waals surface area contributed by atoms with Crippen molar-refractivity contribution in [2.45, 2.75) is 25.4 Å². The molecule has 10 heavy (non-hydrogen) atoms. The molecule has 0 unspecified atom stereocenters. The number of rotatable bonds is 0. The van der Waals surface area contributed by atoms with Crippen molar-refractivity contribution in [1.82, 2.24) is 0 Å². The fourth-order valence-electron chi connectivity index (χ4n) is 0.662. The fraction of sp³-hybridized carbons (Fsp3) is 1.00. The maximum atomic E-state index is 9.15. The zero-order valence-corrected chi connectivity index (χ0v) is 6.13. The van der Waals surface area contributed by atoms with Crippen molar-refractivity contribution in [3.63, 3.8) is 0 Å². The summed E-state index contributed by atoms with van der Waals surface area (Å²) < 4.78 is 9.72. The summed E-state index contributed by atoms with van der Waals surface area (Å²) in [4.78, 5) is 0. The first-order valence-corrected chi connectivity index (χ1v) is 3.14. The minimum Gasteiger partial charge on any atom is -0.364 e. The normalized spacial score (nSPS) is 49.2. The lowest BCUT2D eigenvalue weighted by molar-refractivity contribution is -0.353. The predicted octanol–water partition coefficient (Wildman–Crippen LogP) is -0.550. The third-order valence-electron chi connectivity index (χ3n) is 1.30. The van der Waals surface area contributed by atoms with Crippen molar-refractivity contribution in [3.05, 3.63) is 0 Å². The molecule has 2 N–H and O–H groups in total. The van der Waals surface area contributed by atoms with Gasteiger partial charge >= 0.3 is 0 Å². The van der Waals surface area contributed by atoms with Crippen LogP contribution in [0.15, 0.2) is 0 Å². The summed E-state index contributed by atoms with van der Waals surface area (Å²) in [6, 6.07) is 0. The van der Waals surface area contributed by atoms with Crippen LogP contribution in [0.25, 0.3) is 0 Å². The molecule has 1 fully saturated rings. The Balaban J connectivity index is 2.46. The van der Waals surface area contributed by atoms with Gasteiger partial charge < -0.3 is 19.7 Å². The van der Waals surface area contributed by atoms with E-state index in [2.05, 4.69) is 0 Å². The molecule has 1 rings (SSSR count). The van der Waals surface area contributed by atoms with Gasteiger partial charge in [-0.15, -0.1) is 0 Å². The molecule has 0 amide bonds. The van der Waals surface area contributed by atoms with E-state index in [1.807, 2.05) is 0 Å². The Bertz CT molecular complexity index is 102. The second-order valence-corrected chi connectivity index (χ2v) is 2.93. The Labute approximate surface area is 59.4 Å². The van der Waals surface area contributed by atoms with Crippen LogP contribution in [0.4, 0.5) is 0 Å². The summed E-state index contributed by atoms with van der Waals surface area (Å²) in [5.74, 6) is -2.50. The highest BCUT2D eigenvalue weighted by atomic mass is 16.7. The molecule has 0 bridgehead atoms. The maximum absolute atomic E-state index is 9.15. The number of hydrogen-bond donors (Lipinski definition) is 2. The largest absolute Gasteiger partial charge is 0.364 e. The molecule has 0 aromatic rings. The molecule has 0 aliphatic carbocycles. The Morgan fingerprint density at radius 1 is 1.00 bits per heavy atom. The number of hydrogen-bond acceptors (Lipinski definition) is 4. The zero-order valence-electron chi connectivity index (χ0n) is 6.13. The molecule has 0 aromatic carbocycles. The molecule has 4 heteroatoms. The van der Waals surface area contributed by atoms with E-state index in [-0.39, 0.29) is 13.2 Å². The molecule has 1 aliphatic heterocycles. The van der Waals surface area contributed by atoms with Crippen LogP contribution in [0, 0.1) is 0 Å². The molecule has 60 valence electrons. The molecule has 0 aromatic heterocycles. The van der Waals surface area contributed by atoms with Gasteiger partial charge in [0.05, 0.1) is 0 Å². The van der Waals surface area contributed by atoms with E-state index in [0.717, 1.165) is 0 Å². The first-order chi connectivity index (χ1) is 4.41. The Morgan fingerprint density at radius 3 is 1.50 bits per heavy atom. The highest BCUT2D eigenvalue weighted by molar-refractivity contribution is 4.70. The van der Waals surface area contributed by atoms with Gasteiger partial charge in [-0.05, 0) is 13.8 Å². The summed E-state index contributed by atoms with van der Waals surface area (Å²) in [6.45, 7) is 2.98. The van der Waals surface area contributed by atoms with E-state index in [0.29, 0.717) is 0 Å². The van der Waals surface area contributed by atoms with Gasteiger partial charge in [0.25, 0.3) is 0 Å². The lowest BCUT2D eigenvalue weighted by Gasteiger charge is -2.36. The summed E-state index contributed by atoms with van der Waals surface area (Å²) in [7, 11) is 0. The van der Waals surface area contributed by atoms with Crippen LogP contribution in [0.5, 0.6) is 0 Å². The average molecular weight is 148 g/mol. The van der Waals surface area contributed by atoms with Gasteiger partial charge in [-0.2, -0.15) is 0 Å². The van der Waals surface area contributed by atoms with E-state index in [1.165, 1.54) is 13.8 Å². The minimum absolute atomic E-state index is 0. The highest BCUT2D eigenvalue weighted by Crippen LogP contribution is 2.20. The van der Waals surface area contributed by atoms with Crippen molar-refractivity contribution >= 4 is 0 Å². The molecule has 0 saturated carbocycles. The fourth-order valence-corrected chi connectivity index (χ4v) is 0.662. The van der Waals surface area contributed by atoms with Crippen molar-refractivity contribution in [2.24, 2.45) is 0 Å². The van der Waals surface area contributed by atoms with Crippen LogP contribution in [0.2, 0.25) is 0 Å². The van der Waals surface area contributed by atoms with Crippen LogP contribution >= 0.6 is 0 Å². The smallest absolute Gasteiger partial charge is 0.186 e. The van der Waals surface area contributed by atoms with E-state index in [1.54, 1.807) is 0 Å². The standard InChI is InChI=1S/C6H12O4/c1-5(7)3-10-6(2,8)4-9-5/h7-8H,3-4H2,1-2H3/t5-,6+. The van der Waals surface area contributed by atoms with Gasteiger partial charge in [-0.1, -0.05) is 0 Å². The lowest BCUT2D eigenvalue weighted by atomic mass is 10.2. The molecular formula is C6H12O4. The van der Waals surface area contributed by atoms with Crippen LogP contribution in [0.3, 0.4) is 0 Å². The van der Waals surface area contributed by atoms with Crippen molar-refractivity contribution in [3.8, 4) is 0 Å². The maximum Gasteiger partial charge on any atom is 0.186 e. The Kier molecular flexibility index (Phi) is 1.72. The third kappa shape index (κ3) is 1.91. The van der Waals surface area contributed by atoms with E-state index >= 15 is 0 Å². The van der Waals surface area contributed by atoms with Gasteiger partial charge in [-0.25, -0.2) is 0 Å². The molecule has 4 nitrogen and oxygen atoms in total. The topological polar surface area (TPSA) is 58.9 Å². The van der Waals surface area contributed by atoms with Gasteiger partial charge in [-0.3, -0.25) is 0 Å². The van der Waals surface area contributed by atoms with E-state index in [4.69, 9.17) is 19.7 Å². The Morgan fingerprint density at radius 2 is 1.30 bits per heavy atom. The summed E-state index contributed by atoms with van der Waals surface area (Å²) >= 11 is 0. The average Bonchev–Trinajstić information content (AvgIpc) is 1.79. The van der Waals surface area contributed by atoms with Gasteiger partial charge in [0.1, 0.15) is 13.2 Å². The summed E-state index contributed by atoms with van der Waals surface area (Å²) in [5.41, 5.74) is 0. The van der Waals surface area contributed by atoms with E-state index < -0.39 is 11.6 Å². The van der Waals surface area contributed by atoms with Gasteiger partial charge in [0.2, 0.25) is 0 Å². The Hall–Kier alpha value is -0.160. The number of aliphatic hydroxyl groups is 2. The van der Waals surface area contributed by atoms with Crippen LogP contribution < -0.4 is 0 Å². The monoisotopic (exact) mass is 148 g/mol. The van der Waals surface area contributed by atoms with Gasteiger partial charge in [0, 0.05) is 0 Å². The predicted molar refractivity (Wildman–Crippen MR) is 33.2 cm³/mol. The molecule has 0 spiro atoms. The quantitative estimate of drug-likeness (QED) is 0.484. The highest BCUT2D eigenvalue weighted by Gasteiger charge is 2.36. The van der Waals surface area contributed by atoms with Crippen molar-refractivity contribution in [2.75, 3.05) is 13.2 Å². The second-order valence-electron chi connectivity index (χ2n) is 2.93. The van der Waals surface area contributed by atoms with Crippen LogP contribution in [-0.4, -0.2) is 35.0 Å². The van der Waals surface area contributed by atoms with Crippen molar-refractivity contribution < 1.29 is 19.7 Å². The third-order valence-corrected chi connectivity index (χ3v) is 1.30. The molecule has 0 radical (unpaired) electrons. The van der Waals surface area contributed by atoms with Crippen LogP contribution in [0.1, 0.15) is 13.8 Å². The molecule has 1 aliphatic rings. The first-order valence-electron chi connectivity index (χ1n) is 3.14.